The van der Waals surface area contributed by atoms with Gasteiger partial charge in [-0.1, -0.05) is 12.1 Å². The third kappa shape index (κ3) is 2.88. The highest BCUT2D eigenvalue weighted by atomic mass is 16.2. The van der Waals surface area contributed by atoms with E-state index in [1.165, 1.54) is 34.6 Å². The molecule has 1 unspecified atom stereocenters. The normalized spacial score (nSPS) is 25.0. The lowest BCUT2D eigenvalue weighted by atomic mass is 9.72. The summed E-state index contributed by atoms with van der Waals surface area (Å²) >= 11 is 0. The Labute approximate surface area is 153 Å². The van der Waals surface area contributed by atoms with E-state index in [0.717, 1.165) is 19.4 Å². The topological polar surface area (TPSA) is 77.2 Å². The van der Waals surface area contributed by atoms with Crippen LogP contribution in [-0.4, -0.2) is 48.0 Å². The average molecular weight is 354 g/mol. The Morgan fingerprint density at radius 1 is 1.35 bits per heavy atom. The third-order valence-corrected chi connectivity index (χ3v) is 5.99. The molecule has 138 valence electrons. The number of amides is 3. The summed E-state index contributed by atoms with van der Waals surface area (Å²) in [5, 5.41) is 6.52. The van der Waals surface area contributed by atoms with E-state index in [-0.39, 0.29) is 5.91 Å². The molecule has 6 nitrogen and oxygen atoms in total. The highest BCUT2D eigenvalue weighted by molar-refractivity contribution is 5.93. The first-order valence-electron chi connectivity index (χ1n) is 9.29. The van der Waals surface area contributed by atoms with Crippen molar-refractivity contribution in [1.82, 2.24) is 20.5 Å². The molecule has 1 aromatic heterocycles. The molecule has 2 aliphatic rings. The molecule has 2 heterocycles. The number of fused-ring (bicyclic) bond motifs is 2. The van der Waals surface area contributed by atoms with Crippen LogP contribution in [0.4, 0.5) is 4.79 Å². The molecule has 3 N–H and O–H groups in total. The molecule has 3 atom stereocenters. The first-order chi connectivity index (χ1) is 12.4. The maximum atomic E-state index is 11.7. The molecule has 1 saturated heterocycles. The number of H-pyrrole nitrogens is 1. The van der Waals surface area contributed by atoms with Crippen LogP contribution < -0.4 is 10.6 Å². The number of carbonyl (C=O) groups excluding carboxylic acids is 2. The SMILES string of the molecule is CC(=O)NC(=O)NCC1C[C@@H]2c3cccc4[nH]c(C)c(c34)C[C@H]2N(C)C1. The molecule has 26 heavy (non-hydrogen) atoms. The molecule has 2 aromatic rings. The summed E-state index contributed by atoms with van der Waals surface area (Å²) in [6.45, 7) is 5.05. The van der Waals surface area contributed by atoms with E-state index in [0.29, 0.717) is 24.4 Å². The number of nitrogens with zero attached hydrogens (tertiary/aromatic N) is 1. The molecule has 4 rings (SSSR count). The van der Waals surface area contributed by atoms with Crippen molar-refractivity contribution in [1.29, 1.82) is 0 Å². The summed E-state index contributed by atoms with van der Waals surface area (Å²) < 4.78 is 0. The lowest BCUT2D eigenvalue weighted by Crippen LogP contribution is -2.51. The molecule has 0 radical (unpaired) electrons. The molecule has 1 aliphatic carbocycles. The second-order valence-corrected chi connectivity index (χ2v) is 7.81. The van der Waals surface area contributed by atoms with Gasteiger partial charge in [-0.3, -0.25) is 10.1 Å². The maximum absolute atomic E-state index is 11.7. The van der Waals surface area contributed by atoms with Gasteiger partial charge < -0.3 is 15.2 Å². The van der Waals surface area contributed by atoms with Crippen molar-refractivity contribution in [2.75, 3.05) is 20.1 Å². The molecule has 3 amide bonds. The predicted molar refractivity (Wildman–Crippen MR) is 101 cm³/mol. The van der Waals surface area contributed by atoms with Crippen LogP contribution in [0.1, 0.15) is 36.1 Å². The molecule has 0 bridgehead atoms. The molecule has 1 aromatic carbocycles. The minimum Gasteiger partial charge on any atom is -0.358 e. The lowest BCUT2D eigenvalue weighted by molar-refractivity contribution is -0.117. The number of carbonyl (C=O) groups is 2. The number of aromatic nitrogens is 1. The van der Waals surface area contributed by atoms with Gasteiger partial charge in [0.15, 0.2) is 0 Å². The van der Waals surface area contributed by atoms with Crippen LogP contribution in [0, 0.1) is 12.8 Å². The fourth-order valence-corrected chi connectivity index (χ4v) is 4.91. The number of hydrogen-bond acceptors (Lipinski definition) is 3. The van der Waals surface area contributed by atoms with Crippen LogP contribution in [0.3, 0.4) is 0 Å². The molecule has 0 spiro atoms. The first kappa shape index (κ1) is 17.1. The number of aromatic amines is 1. The zero-order valence-corrected chi connectivity index (χ0v) is 15.6. The molecular formula is C20H26N4O2. The maximum Gasteiger partial charge on any atom is 0.321 e. The number of benzene rings is 1. The number of imide groups is 1. The van der Waals surface area contributed by atoms with Crippen LogP contribution >= 0.6 is 0 Å². The summed E-state index contributed by atoms with van der Waals surface area (Å²) in [5.74, 6) is 0.510. The number of urea groups is 1. The minimum atomic E-state index is -0.406. The van der Waals surface area contributed by atoms with Crippen LogP contribution in [0.2, 0.25) is 0 Å². The van der Waals surface area contributed by atoms with E-state index in [2.05, 4.69) is 52.7 Å². The Morgan fingerprint density at radius 2 is 2.15 bits per heavy atom. The quantitative estimate of drug-likeness (QED) is 0.774. The number of rotatable bonds is 2. The predicted octanol–water partition coefficient (Wildman–Crippen LogP) is 2.28. The number of likely N-dealkylation sites (tertiary alicyclic amines) is 1. The number of nitrogens with one attached hydrogen (secondary N) is 3. The van der Waals surface area contributed by atoms with E-state index in [1.807, 2.05) is 0 Å². The van der Waals surface area contributed by atoms with Gasteiger partial charge in [0.05, 0.1) is 0 Å². The van der Waals surface area contributed by atoms with E-state index in [1.54, 1.807) is 0 Å². The Kier molecular flexibility index (Phi) is 4.23. The second-order valence-electron chi connectivity index (χ2n) is 7.81. The Morgan fingerprint density at radius 3 is 2.92 bits per heavy atom. The monoisotopic (exact) mass is 354 g/mol. The van der Waals surface area contributed by atoms with Crippen molar-refractivity contribution in [3.8, 4) is 0 Å². The molecule has 6 heteroatoms. The number of likely N-dealkylation sites (N-methyl/N-ethyl adjacent to an activating group) is 1. The van der Waals surface area contributed by atoms with Crippen LogP contribution in [0.5, 0.6) is 0 Å². The number of hydrogen-bond donors (Lipinski definition) is 3. The lowest BCUT2D eigenvalue weighted by Gasteiger charge is -2.45. The molecule has 1 fully saturated rings. The van der Waals surface area contributed by atoms with E-state index < -0.39 is 6.03 Å². The fraction of sp³-hybridized carbons (Fsp3) is 0.500. The van der Waals surface area contributed by atoms with Gasteiger partial charge in [-0.15, -0.1) is 0 Å². The van der Waals surface area contributed by atoms with Crippen molar-refractivity contribution >= 4 is 22.8 Å². The molecule has 1 aliphatic heterocycles. The van der Waals surface area contributed by atoms with Gasteiger partial charge >= 0.3 is 6.03 Å². The summed E-state index contributed by atoms with van der Waals surface area (Å²) in [7, 11) is 2.19. The van der Waals surface area contributed by atoms with Gasteiger partial charge in [-0.2, -0.15) is 0 Å². The van der Waals surface area contributed by atoms with Crippen molar-refractivity contribution in [2.45, 2.75) is 38.6 Å². The van der Waals surface area contributed by atoms with Gasteiger partial charge in [-0.25, -0.2) is 4.79 Å². The summed E-state index contributed by atoms with van der Waals surface area (Å²) in [6, 6.07) is 6.67. The van der Waals surface area contributed by atoms with E-state index >= 15 is 0 Å². The van der Waals surface area contributed by atoms with Crippen molar-refractivity contribution in [3.63, 3.8) is 0 Å². The van der Waals surface area contributed by atoms with Gasteiger partial charge in [0.2, 0.25) is 5.91 Å². The molecule has 0 saturated carbocycles. The van der Waals surface area contributed by atoms with Crippen LogP contribution in [-0.2, 0) is 11.2 Å². The Bertz CT molecular complexity index is 872. The van der Waals surface area contributed by atoms with Crippen molar-refractivity contribution < 1.29 is 9.59 Å². The van der Waals surface area contributed by atoms with Gasteiger partial charge in [-0.05, 0) is 49.9 Å². The summed E-state index contributed by atoms with van der Waals surface area (Å²) in [4.78, 5) is 28.7. The molecular weight excluding hydrogens is 328 g/mol. The van der Waals surface area contributed by atoms with Crippen LogP contribution in [0.25, 0.3) is 10.9 Å². The van der Waals surface area contributed by atoms with E-state index in [4.69, 9.17) is 0 Å². The van der Waals surface area contributed by atoms with Gasteiger partial charge in [0.25, 0.3) is 0 Å². The fourth-order valence-electron chi connectivity index (χ4n) is 4.91. The highest BCUT2D eigenvalue weighted by Crippen LogP contribution is 2.45. The number of aryl methyl sites for hydroxylation is 1. The van der Waals surface area contributed by atoms with Crippen molar-refractivity contribution in [3.05, 3.63) is 35.0 Å². The first-order valence-corrected chi connectivity index (χ1v) is 9.29. The number of piperidine rings is 1. The second kappa shape index (κ2) is 6.43. The van der Waals surface area contributed by atoms with Gasteiger partial charge in [0.1, 0.15) is 0 Å². The smallest absolute Gasteiger partial charge is 0.321 e. The third-order valence-electron chi connectivity index (χ3n) is 5.99. The van der Waals surface area contributed by atoms with Crippen LogP contribution in [0.15, 0.2) is 18.2 Å². The minimum absolute atomic E-state index is 0.336. The summed E-state index contributed by atoms with van der Waals surface area (Å²) in [5.41, 5.74) is 5.41. The Balaban J connectivity index is 1.56. The zero-order valence-electron chi connectivity index (χ0n) is 15.6. The highest BCUT2D eigenvalue weighted by Gasteiger charge is 2.39. The van der Waals surface area contributed by atoms with E-state index in [9.17, 15) is 9.59 Å². The van der Waals surface area contributed by atoms with Gasteiger partial charge in [0, 0.05) is 48.6 Å². The van der Waals surface area contributed by atoms with Crippen molar-refractivity contribution in [2.24, 2.45) is 5.92 Å². The zero-order chi connectivity index (χ0) is 18.4. The average Bonchev–Trinajstić information content (AvgIpc) is 2.90. The standard InChI is InChI=1S/C20H26N4O2/c1-11-15-8-18-16(14-5-4-6-17(22-11)19(14)15)7-13(10-24(18)3)9-21-20(26)23-12(2)25/h4-6,13,16,18,22H,7-10H2,1-3H3,(H2,21,23,25,26)/t13?,16-,18-/m1/s1. The Hall–Kier alpha value is -2.34. The largest absolute Gasteiger partial charge is 0.358 e. The summed E-state index contributed by atoms with van der Waals surface area (Å²) in [6.07, 6.45) is 2.13.